The lowest BCUT2D eigenvalue weighted by Gasteiger charge is -2.08. The first kappa shape index (κ1) is 13.0. The Kier molecular flexibility index (Phi) is 3.71. The van der Waals surface area contributed by atoms with Gasteiger partial charge in [0.25, 0.3) is 0 Å². The van der Waals surface area contributed by atoms with Crippen LogP contribution in [0.4, 0.5) is 13.2 Å². The van der Waals surface area contributed by atoms with Crippen LogP contribution in [-0.4, -0.2) is 39.5 Å². The van der Waals surface area contributed by atoms with Crippen molar-refractivity contribution in [2.75, 3.05) is 6.54 Å². The summed E-state index contributed by atoms with van der Waals surface area (Å²) in [5.74, 6) is -2.28. The molecule has 0 bridgehead atoms. The number of nitrogens with one attached hydrogen (secondary N) is 1. The molecular formula is C8H8F3N3O3. The molecule has 0 aromatic carbocycles. The molecule has 0 aliphatic rings. The maximum atomic E-state index is 11.8. The highest BCUT2D eigenvalue weighted by Gasteiger charge is 2.27. The lowest BCUT2D eigenvalue weighted by Crippen LogP contribution is -2.36. The third-order valence-corrected chi connectivity index (χ3v) is 1.72. The molecule has 0 saturated heterocycles. The molecule has 1 amide bonds. The Labute approximate surface area is 93.0 Å². The van der Waals surface area contributed by atoms with Crippen molar-refractivity contribution >= 4 is 11.9 Å². The lowest BCUT2D eigenvalue weighted by molar-refractivity contribution is -0.138. The van der Waals surface area contributed by atoms with E-state index in [-0.39, 0.29) is 5.69 Å². The summed E-state index contributed by atoms with van der Waals surface area (Å²) in [7, 11) is 0. The number of halogens is 3. The molecule has 0 unspecified atom stereocenters. The van der Waals surface area contributed by atoms with Crippen LogP contribution in [0.1, 0.15) is 10.5 Å². The molecule has 17 heavy (non-hydrogen) atoms. The van der Waals surface area contributed by atoms with Crippen LogP contribution in [0.25, 0.3) is 0 Å². The van der Waals surface area contributed by atoms with Crippen LogP contribution >= 0.6 is 0 Å². The summed E-state index contributed by atoms with van der Waals surface area (Å²) in [6.07, 6.45) is -3.37. The Hall–Kier alpha value is -2.06. The molecule has 0 atom stereocenters. The number of aromatic carboxylic acids is 1. The molecule has 2 N–H and O–H groups in total. The summed E-state index contributed by atoms with van der Waals surface area (Å²) in [6.45, 7) is -2.04. The second kappa shape index (κ2) is 4.85. The van der Waals surface area contributed by atoms with Gasteiger partial charge in [-0.25, -0.2) is 9.48 Å². The van der Waals surface area contributed by atoms with Crippen LogP contribution < -0.4 is 5.32 Å². The smallest absolute Gasteiger partial charge is 0.405 e. The minimum Gasteiger partial charge on any atom is -0.477 e. The third-order valence-electron chi connectivity index (χ3n) is 1.72. The van der Waals surface area contributed by atoms with Gasteiger partial charge in [0.15, 0.2) is 0 Å². The van der Waals surface area contributed by atoms with Crippen LogP contribution in [0.15, 0.2) is 12.3 Å². The van der Waals surface area contributed by atoms with E-state index >= 15 is 0 Å². The highest BCUT2D eigenvalue weighted by molar-refractivity contribution is 5.86. The van der Waals surface area contributed by atoms with Gasteiger partial charge in [-0.1, -0.05) is 0 Å². The van der Waals surface area contributed by atoms with Crippen molar-refractivity contribution < 1.29 is 27.9 Å². The van der Waals surface area contributed by atoms with Gasteiger partial charge in [-0.05, 0) is 6.07 Å². The summed E-state index contributed by atoms with van der Waals surface area (Å²) in [4.78, 5) is 21.7. The van der Waals surface area contributed by atoms with E-state index in [1.807, 2.05) is 0 Å². The van der Waals surface area contributed by atoms with Crippen molar-refractivity contribution in [2.45, 2.75) is 12.7 Å². The average molecular weight is 251 g/mol. The number of carboxylic acids is 1. The highest BCUT2D eigenvalue weighted by atomic mass is 19.4. The Morgan fingerprint density at radius 2 is 2.12 bits per heavy atom. The van der Waals surface area contributed by atoms with Gasteiger partial charge in [-0.15, -0.1) is 0 Å². The summed E-state index contributed by atoms with van der Waals surface area (Å²) >= 11 is 0. The van der Waals surface area contributed by atoms with E-state index in [0.29, 0.717) is 0 Å². The van der Waals surface area contributed by atoms with E-state index in [0.717, 1.165) is 16.9 Å². The van der Waals surface area contributed by atoms with E-state index in [4.69, 9.17) is 5.11 Å². The second-order valence-corrected chi connectivity index (χ2v) is 3.07. The average Bonchev–Trinajstić information content (AvgIpc) is 2.62. The van der Waals surface area contributed by atoms with Gasteiger partial charge in [0, 0.05) is 6.20 Å². The number of carbonyl (C=O) groups excluding carboxylic acids is 1. The second-order valence-electron chi connectivity index (χ2n) is 3.07. The first-order chi connectivity index (χ1) is 7.79. The molecule has 0 aliphatic carbocycles. The van der Waals surface area contributed by atoms with Crippen molar-refractivity contribution in [1.29, 1.82) is 0 Å². The number of nitrogens with zero attached hydrogens (tertiary/aromatic N) is 2. The first-order valence-electron chi connectivity index (χ1n) is 4.38. The number of amides is 1. The van der Waals surface area contributed by atoms with E-state index in [9.17, 15) is 22.8 Å². The van der Waals surface area contributed by atoms with Gasteiger partial charge in [-0.3, -0.25) is 4.79 Å². The number of hydrogen-bond acceptors (Lipinski definition) is 3. The van der Waals surface area contributed by atoms with E-state index in [1.54, 1.807) is 5.32 Å². The molecule has 94 valence electrons. The predicted octanol–water partition coefficient (Wildman–Crippen LogP) is 0.260. The Morgan fingerprint density at radius 3 is 2.65 bits per heavy atom. The van der Waals surface area contributed by atoms with Gasteiger partial charge in [0.2, 0.25) is 5.91 Å². The summed E-state index contributed by atoms with van der Waals surface area (Å²) in [6, 6.07) is 1.14. The quantitative estimate of drug-likeness (QED) is 0.803. The van der Waals surface area contributed by atoms with Gasteiger partial charge < -0.3 is 10.4 Å². The highest BCUT2D eigenvalue weighted by Crippen LogP contribution is 2.12. The van der Waals surface area contributed by atoms with E-state index in [1.165, 1.54) is 0 Å². The third kappa shape index (κ3) is 4.13. The normalized spacial score (nSPS) is 11.2. The van der Waals surface area contributed by atoms with Crippen molar-refractivity contribution in [3.63, 3.8) is 0 Å². The molecular weight excluding hydrogens is 243 g/mol. The van der Waals surface area contributed by atoms with E-state index < -0.39 is 31.1 Å². The number of carboxylic acid groups (broad SMARTS) is 1. The monoisotopic (exact) mass is 251 g/mol. The van der Waals surface area contributed by atoms with Crippen LogP contribution in [0.5, 0.6) is 0 Å². The molecule has 1 aromatic heterocycles. The zero-order valence-corrected chi connectivity index (χ0v) is 8.36. The van der Waals surface area contributed by atoms with Gasteiger partial charge in [0.1, 0.15) is 18.8 Å². The summed E-state index contributed by atoms with van der Waals surface area (Å²) < 4.78 is 36.1. The molecule has 0 radical (unpaired) electrons. The fourth-order valence-electron chi connectivity index (χ4n) is 1.03. The summed E-state index contributed by atoms with van der Waals surface area (Å²) in [5, 5.41) is 13.8. The maximum absolute atomic E-state index is 11.8. The van der Waals surface area contributed by atoms with Crippen LogP contribution in [0, 0.1) is 0 Å². The molecule has 1 aromatic rings. The summed E-state index contributed by atoms with van der Waals surface area (Å²) in [5.41, 5.74) is -0.271. The number of carbonyl (C=O) groups is 2. The standard InChI is InChI=1S/C8H8F3N3O3/c9-8(10,11)4-12-6(15)3-14-5(7(16)17)1-2-13-14/h1-2H,3-4H2,(H,12,15)(H,16,17). The zero-order valence-electron chi connectivity index (χ0n) is 8.36. The number of rotatable bonds is 4. The number of aromatic nitrogens is 2. The zero-order chi connectivity index (χ0) is 13.1. The van der Waals surface area contributed by atoms with Crippen molar-refractivity contribution in [3.05, 3.63) is 18.0 Å². The van der Waals surface area contributed by atoms with Crippen molar-refractivity contribution in [2.24, 2.45) is 0 Å². The SMILES string of the molecule is O=C(Cn1nccc1C(=O)O)NCC(F)(F)F. The topological polar surface area (TPSA) is 84.2 Å². The molecule has 0 aliphatic heterocycles. The van der Waals surface area contributed by atoms with Crippen LogP contribution in [0.3, 0.4) is 0 Å². The largest absolute Gasteiger partial charge is 0.477 e. The number of alkyl halides is 3. The maximum Gasteiger partial charge on any atom is 0.405 e. The molecule has 1 heterocycles. The van der Waals surface area contributed by atoms with Crippen molar-refractivity contribution in [3.8, 4) is 0 Å². The minimum absolute atomic E-state index is 0.271. The molecule has 0 fully saturated rings. The fourth-order valence-corrected chi connectivity index (χ4v) is 1.03. The number of hydrogen-bond donors (Lipinski definition) is 2. The Morgan fingerprint density at radius 1 is 1.47 bits per heavy atom. The Balaban J connectivity index is 2.57. The van der Waals surface area contributed by atoms with Gasteiger partial charge in [-0.2, -0.15) is 18.3 Å². The minimum atomic E-state index is -4.50. The van der Waals surface area contributed by atoms with Crippen molar-refractivity contribution in [1.82, 2.24) is 15.1 Å². The predicted molar refractivity (Wildman–Crippen MR) is 48.3 cm³/mol. The van der Waals surface area contributed by atoms with Crippen LogP contribution in [-0.2, 0) is 11.3 Å². The van der Waals surface area contributed by atoms with Crippen LogP contribution in [0.2, 0.25) is 0 Å². The Bertz CT molecular complexity index is 427. The molecule has 9 heteroatoms. The van der Waals surface area contributed by atoms with Gasteiger partial charge in [0.05, 0.1) is 0 Å². The molecule has 6 nitrogen and oxygen atoms in total. The molecule has 0 spiro atoms. The molecule has 0 saturated carbocycles. The first-order valence-corrected chi connectivity index (χ1v) is 4.38. The van der Waals surface area contributed by atoms with E-state index in [2.05, 4.69) is 5.10 Å². The lowest BCUT2D eigenvalue weighted by atomic mass is 10.4. The van der Waals surface area contributed by atoms with Gasteiger partial charge >= 0.3 is 12.1 Å². The fraction of sp³-hybridized carbons (Fsp3) is 0.375. The molecule has 1 rings (SSSR count).